The summed E-state index contributed by atoms with van der Waals surface area (Å²) in [5, 5.41) is 2.57. The van der Waals surface area contributed by atoms with Crippen molar-refractivity contribution in [3.63, 3.8) is 0 Å². The number of ether oxygens (including phenoxy) is 1. The van der Waals surface area contributed by atoms with Crippen molar-refractivity contribution in [2.75, 3.05) is 19.6 Å². The predicted molar refractivity (Wildman–Crippen MR) is 69.5 cm³/mol. The molecule has 106 valence electrons. The van der Waals surface area contributed by atoms with Crippen molar-refractivity contribution >= 4 is 11.8 Å². The van der Waals surface area contributed by atoms with Gasteiger partial charge in [0.1, 0.15) is 0 Å². The Kier molecular flexibility index (Phi) is 3.48. The van der Waals surface area contributed by atoms with E-state index < -0.39 is 0 Å². The maximum atomic E-state index is 11.8. The Hall–Kier alpha value is -1.10. The maximum absolute atomic E-state index is 11.8. The summed E-state index contributed by atoms with van der Waals surface area (Å²) in [6, 6.07) is 0. The fourth-order valence-electron chi connectivity index (χ4n) is 3.60. The Morgan fingerprint density at radius 1 is 1.21 bits per heavy atom. The molecule has 1 aliphatic carbocycles. The number of carbonyl (C=O) groups is 2. The third-order valence-corrected chi connectivity index (χ3v) is 4.65. The van der Waals surface area contributed by atoms with Gasteiger partial charge in [-0.15, -0.1) is 0 Å². The van der Waals surface area contributed by atoms with Crippen LogP contribution in [0, 0.1) is 0 Å². The maximum Gasteiger partial charge on any atom is 0.242 e. The van der Waals surface area contributed by atoms with Gasteiger partial charge in [0.25, 0.3) is 0 Å². The van der Waals surface area contributed by atoms with E-state index in [0.717, 1.165) is 25.7 Å². The van der Waals surface area contributed by atoms with Crippen molar-refractivity contribution in [2.24, 2.45) is 0 Å². The number of nitrogens with one attached hydrogen (secondary N) is 1. The van der Waals surface area contributed by atoms with Crippen LogP contribution in [0.1, 0.15) is 44.9 Å². The van der Waals surface area contributed by atoms with E-state index >= 15 is 0 Å². The number of hydrogen-bond acceptors (Lipinski definition) is 3. The lowest BCUT2D eigenvalue weighted by Gasteiger charge is -2.34. The molecular formula is C14H22N2O3. The van der Waals surface area contributed by atoms with Crippen LogP contribution < -0.4 is 5.32 Å². The molecule has 3 rings (SSSR count). The van der Waals surface area contributed by atoms with Gasteiger partial charge in [0.15, 0.2) is 0 Å². The van der Waals surface area contributed by atoms with E-state index in [0.29, 0.717) is 6.54 Å². The van der Waals surface area contributed by atoms with Crippen molar-refractivity contribution in [3.05, 3.63) is 0 Å². The van der Waals surface area contributed by atoms with Gasteiger partial charge in [-0.3, -0.25) is 9.59 Å². The molecule has 0 bridgehead atoms. The number of rotatable bonds is 2. The third-order valence-electron chi connectivity index (χ3n) is 4.65. The minimum Gasteiger partial charge on any atom is -0.370 e. The summed E-state index contributed by atoms with van der Waals surface area (Å²) in [6.45, 7) is 0.899. The molecule has 1 saturated carbocycles. The molecule has 2 aliphatic heterocycles. The van der Waals surface area contributed by atoms with Gasteiger partial charge in [0.2, 0.25) is 11.8 Å². The topological polar surface area (TPSA) is 58.6 Å². The fraction of sp³-hybridized carbons (Fsp3) is 0.857. The summed E-state index contributed by atoms with van der Waals surface area (Å²) in [6.07, 6.45) is 8.43. The lowest BCUT2D eigenvalue weighted by molar-refractivity contribution is -0.143. The molecule has 5 nitrogen and oxygen atoms in total. The second-order valence-corrected chi connectivity index (χ2v) is 6.07. The molecule has 3 aliphatic rings. The van der Waals surface area contributed by atoms with E-state index in [-0.39, 0.29) is 36.6 Å². The summed E-state index contributed by atoms with van der Waals surface area (Å²) in [4.78, 5) is 24.7. The Balaban J connectivity index is 1.56. The van der Waals surface area contributed by atoms with Gasteiger partial charge in [-0.05, 0) is 25.7 Å². The normalized spacial score (nSPS) is 30.7. The first-order valence-electron chi connectivity index (χ1n) is 7.39. The molecule has 0 radical (unpaired) electrons. The molecule has 0 aromatic rings. The molecular weight excluding hydrogens is 244 g/mol. The Morgan fingerprint density at radius 2 is 2.00 bits per heavy atom. The molecule has 1 atom stereocenters. The Morgan fingerprint density at radius 3 is 2.79 bits per heavy atom. The minimum atomic E-state index is -0.0648. The van der Waals surface area contributed by atoms with Crippen LogP contribution in [0.4, 0.5) is 0 Å². The highest BCUT2D eigenvalue weighted by Crippen LogP contribution is 2.42. The van der Waals surface area contributed by atoms with Gasteiger partial charge in [0, 0.05) is 6.54 Å². The van der Waals surface area contributed by atoms with Crippen LogP contribution in [0.25, 0.3) is 0 Å². The van der Waals surface area contributed by atoms with E-state index in [1.54, 1.807) is 4.90 Å². The third kappa shape index (κ3) is 2.76. The van der Waals surface area contributed by atoms with Gasteiger partial charge in [0.05, 0.1) is 24.8 Å². The van der Waals surface area contributed by atoms with Gasteiger partial charge < -0.3 is 15.0 Å². The summed E-state index contributed by atoms with van der Waals surface area (Å²) in [7, 11) is 0. The molecule has 19 heavy (non-hydrogen) atoms. The summed E-state index contributed by atoms with van der Waals surface area (Å²) < 4.78 is 6.25. The average molecular weight is 266 g/mol. The molecule has 3 fully saturated rings. The first kappa shape index (κ1) is 12.9. The van der Waals surface area contributed by atoms with Gasteiger partial charge >= 0.3 is 0 Å². The highest BCUT2D eigenvalue weighted by atomic mass is 16.5. The van der Waals surface area contributed by atoms with Crippen LogP contribution in [0.5, 0.6) is 0 Å². The van der Waals surface area contributed by atoms with E-state index in [1.165, 1.54) is 19.3 Å². The predicted octanol–water partition coefficient (Wildman–Crippen LogP) is 0.827. The number of hydrogen-bond donors (Lipinski definition) is 1. The minimum absolute atomic E-state index is 0.00722. The molecule has 0 aromatic carbocycles. The van der Waals surface area contributed by atoms with Crippen LogP contribution in [-0.2, 0) is 14.3 Å². The van der Waals surface area contributed by atoms with Crippen LogP contribution in [0.3, 0.4) is 0 Å². The monoisotopic (exact) mass is 266 g/mol. The smallest absolute Gasteiger partial charge is 0.242 e. The number of carbonyl (C=O) groups excluding carboxylic acids is 2. The lowest BCUT2D eigenvalue weighted by Crippen LogP contribution is -2.53. The molecule has 5 heteroatoms. The number of amides is 2. The van der Waals surface area contributed by atoms with Crippen molar-refractivity contribution < 1.29 is 14.3 Å². The number of piperazine rings is 1. The van der Waals surface area contributed by atoms with E-state index in [1.807, 2.05) is 0 Å². The molecule has 1 unspecified atom stereocenters. The average Bonchev–Trinajstić information content (AvgIpc) is 2.78. The van der Waals surface area contributed by atoms with Crippen molar-refractivity contribution in [1.29, 1.82) is 0 Å². The fourth-order valence-corrected chi connectivity index (χ4v) is 3.60. The largest absolute Gasteiger partial charge is 0.370 e. The SMILES string of the molecule is O=C1CN(CC2CCC3(CCCCC3)O2)C(=O)CN1. The molecule has 2 saturated heterocycles. The Bertz CT molecular complexity index is 377. The van der Waals surface area contributed by atoms with Crippen LogP contribution in [0.2, 0.25) is 0 Å². The summed E-state index contributed by atoms with van der Waals surface area (Å²) >= 11 is 0. The number of nitrogens with zero attached hydrogens (tertiary/aromatic N) is 1. The molecule has 1 N–H and O–H groups in total. The quantitative estimate of drug-likeness (QED) is 0.805. The molecule has 1 spiro atoms. The van der Waals surface area contributed by atoms with Crippen LogP contribution >= 0.6 is 0 Å². The van der Waals surface area contributed by atoms with Crippen LogP contribution in [-0.4, -0.2) is 48.1 Å². The van der Waals surface area contributed by atoms with Gasteiger partial charge in [-0.2, -0.15) is 0 Å². The highest BCUT2D eigenvalue weighted by Gasteiger charge is 2.41. The summed E-state index contributed by atoms with van der Waals surface area (Å²) in [5.74, 6) is -0.0576. The van der Waals surface area contributed by atoms with Crippen LogP contribution in [0.15, 0.2) is 0 Å². The highest BCUT2D eigenvalue weighted by molar-refractivity contribution is 5.92. The standard InChI is InChI=1S/C14H22N2O3/c17-12-10-16(13(18)8-15-12)9-11-4-7-14(19-11)5-2-1-3-6-14/h11H,1-10H2,(H,15,17). The van der Waals surface area contributed by atoms with Gasteiger partial charge in [-0.25, -0.2) is 0 Å². The van der Waals surface area contributed by atoms with Gasteiger partial charge in [-0.1, -0.05) is 19.3 Å². The summed E-state index contributed by atoms with van der Waals surface area (Å²) in [5.41, 5.74) is 0.0873. The van der Waals surface area contributed by atoms with E-state index in [2.05, 4.69) is 5.32 Å². The lowest BCUT2D eigenvalue weighted by atomic mass is 9.83. The molecule has 0 aromatic heterocycles. The van der Waals surface area contributed by atoms with E-state index in [9.17, 15) is 9.59 Å². The zero-order chi connectivity index (χ0) is 13.3. The molecule has 2 heterocycles. The Labute approximate surface area is 113 Å². The van der Waals surface area contributed by atoms with E-state index in [4.69, 9.17) is 4.74 Å². The first-order valence-corrected chi connectivity index (χ1v) is 7.39. The van der Waals surface area contributed by atoms with Crippen molar-refractivity contribution in [3.8, 4) is 0 Å². The van der Waals surface area contributed by atoms with Crippen molar-refractivity contribution in [2.45, 2.75) is 56.7 Å². The zero-order valence-electron chi connectivity index (χ0n) is 11.3. The van der Waals surface area contributed by atoms with Crippen molar-refractivity contribution in [1.82, 2.24) is 10.2 Å². The second-order valence-electron chi connectivity index (χ2n) is 6.07. The molecule has 2 amide bonds. The second kappa shape index (κ2) is 5.12. The first-order chi connectivity index (χ1) is 9.17. The zero-order valence-corrected chi connectivity index (χ0v) is 11.3.